The van der Waals surface area contributed by atoms with E-state index in [1.807, 2.05) is 0 Å². The molecule has 0 spiro atoms. The van der Waals surface area contributed by atoms with Crippen molar-refractivity contribution in [2.75, 3.05) is 0 Å². The SMILES string of the molecule is O=C1[N]C=C(OC(F)(F)F)N1. The van der Waals surface area contributed by atoms with Crippen LogP contribution < -0.4 is 10.6 Å². The lowest BCUT2D eigenvalue weighted by Crippen LogP contribution is -2.23. The van der Waals surface area contributed by atoms with Gasteiger partial charge in [0, 0.05) is 0 Å². The molecule has 0 unspecified atom stereocenters. The fourth-order valence-corrected chi connectivity index (χ4v) is 0.464. The molecule has 2 amide bonds. The first-order chi connectivity index (χ1) is 4.97. The molecule has 4 nitrogen and oxygen atoms in total. The fourth-order valence-electron chi connectivity index (χ4n) is 0.464. The van der Waals surface area contributed by atoms with E-state index in [-0.39, 0.29) is 0 Å². The van der Waals surface area contributed by atoms with Crippen molar-refractivity contribution >= 4 is 6.03 Å². The fraction of sp³-hybridized carbons (Fsp3) is 0.250. The van der Waals surface area contributed by atoms with Crippen molar-refractivity contribution in [3.05, 3.63) is 12.1 Å². The highest BCUT2D eigenvalue weighted by molar-refractivity contribution is 5.78. The summed E-state index contributed by atoms with van der Waals surface area (Å²) in [5, 5.41) is 4.69. The number of amides is 2. The number of urea groups is 1. The van der Waals surface area contributed by atoms with E-state index in [0.717, 1.165) is 0 Å². The van der Waals surface area contributed by atoms with Crippen LogP contribution in [-0.2, 0) is 4.74 Å². The number of carbonyl (C=O) groups is 1. The van der Waals surface area contributed by atoms with Gasteiger partial charge in [-0.1, -0.05) is 0 Å². The molecular formula is C4H2F3N2O2. The third-order valence-electron chi connectivity index (χ3n) is 0.755. The van der Waals surface area contributed by atoms with Gasteiger partial charge in [0.15, 0.2) is 0 Å². The molecule has 1 aliphatic rings. The highest BCUT2D eigenvalue weighted by Crippen LogP contribution is 2.20. The monoisotopic (exact) mass is 167 g/mol. The molecule has 61 valence electrons. The second-order valence-electron chi connectivity index (χ2n) is 1.60. The van der Waals surface area contributed by atoms with Gasteiger partial charge in [0.25, 0.3) is 0 Å². The zero-order valence-electron chi connectivity index (χ0n) is 4.97. The van der Waals surface area contributed by atoms with Crippen LogP contribution in [0, 0.1) is 0 Å². The van der Waals surface area contributed by atoms with Crippen LogP contribution in [0.5, 0.6) is 0 Å². The number of hydrogen-bond donors (Lipinski definition) is 1. The van der Waals surface area contributed by atoms with Crippen molar-refractivity contribution in [2.45, 2.75) is 6.36 Å². The van der Waals surface area contributed by atoms with Crippen LogP contribution in [0.4, 0.5) is 18.0 Å². The number of carbonyl (C=O) groups excluding carboxylic acids is 1. The molecular weight excluding hydrogens is 165 g/mol. The standard InChI is InChI=1S/C4H2F3N2O2/c5-4(6,7)11-2-1-8-3(10)9-2/h1H,(H,9,10). The Morgan fingerprint density at radius 1 is 1.55 bits per heavy atom. The maximum absolute atomic E-state index is 11.4. The largest absolute Gasteiger partial charge is 0.574 e. The molecule has 0 fully saturated rings. The summed E-state index contributed by atoms with van der Waals surface area (Å²) in [6.07, 6.45) is -4.13. The van der Waals surface area contributed by atoms with E-state index >= 15 is 0 Å². The van der Waals surface area contributed by atoms with Gasteiger partial charge in [-0.05, 0) is 0 Å². The highest BCUT2D eigenvalue weighted by atomic mass is 19.4. The molecule has 1 radical (unpaired) electrons. The van der Waals surface area contributed by atoms with Gasteiger partial charge in [0.2, 0.25) is 5.88 Å². The predicted octanol–water partition coefficient (Wildman–Crippen LogP) is 0.649. The topological polar surface area (TPSA) is 52.4 Å². The smallest absolute Gasteiger partial charge is 0.388 e. The van der Waals surface area contributed by atoms with Gasteiger partial charge in [-0.15, -0.1) is 13.2 Å². The highest BCUT2D eigenvalue weighted by Gasteiger charge is 2.34. The van der Waals surface area contributed by atoms with Gasteiger partial charge in [0.1, 0.15) is 0 Å². The zero-order chi connectivity index (χ0) is 8.48. The number of nitrogens with zero attached hydrogens (tertiary/aromatic N) is 1. The average Bonchev–Trinajstić information content (AvgIpc) is 2.10. The molecule has 0 aromatic rings. The Balaban J connectivity index is 2.46. The number of ether oxygens (including phenoxy) is 1. The van der Waals surface area contributed by atoms with Crippen LogP contribution in [0.25, 0.3) is 0 Å². The van der Waals surface area contributed by atoms with Crippen LogP contribution in [0.3, 0.4) is 0 Å². The summed E-state index contributed by atoms with van der Waals surface area (Å²) in [5.74, 6) is -0.706. The Morgan fingerprint density at radius 2 is 2.18 bits per heavy atom. The lowest BCUT2D eigenvalue weighted by molar-refractivity contribution is -0.306. The Hall–Kier alpha value is -1.40. The van der Waals surface area contributed by atoms with E-state index in [4.69, 9.17) is 0 Å². The number of hydrogen-bond acceptors (Lipinski definition) is 2. The molecule has 1 aliphatic heterocycles. The first-order valence-corrected chi connectivity index (χ1v) is 2.45. The van der Waals surface area contributed by atoms with E-state index in [1.54, 1.807) is 5.32 Å². The van der Waals surface area contributed by atoms with Crippen LogP contribution in [0.1, 0.15) is 0 Å². The van der Waals surface area contributed by atoms with E-state index in [2.05, 4.69) is 10.1 Å². The van der Waals surface area contributed by atoms with E-state index < -0.39 is 18.3 Å². The Bertz CT molecular complexity index is 210. The predicted molar refractivity (Wildman–Crippen MR) is 25.9 cm³/mol. The van der Waals surface area contributed by atoms with Gasteiger partial charge in [0.05, 0.1) is 6.20 Å². The van der Waals surface area contributed by atoms with E-state index in [0.29, 0.717) is 6.20 Å². The first-order valence-electron chi connectivity index (χ1n) is 2.45. The number of rotatable bonds is 1. The minimum atomic E-state index is -4.79. The third-order valence-corrected chi connectivity index (χ3v) is 0.755. The zero-order valence-corrected chi connectivity index (χ0v) is 4.97. The average molecular weight is 167 g/mol. The lowest BCUT2D eigenvalue weighted by atomic mass is 10.8. The van der Waals surface area contributed by atoms with E-state index in [1.165, 1.54) is 0 Å². The Morgan fingerprint density at radius 3 is 2.55 bits per heavy atom. The number of alkyl halides is 3. The van der Waals surface area contributed by atoms with Crippen LogP contribution >= 0.6 is 0 Å². The second kappa shape index (κ2) is 2.33. The van der Waals surface area contributed by atoms with Crippen LogP contribution in [0.2, 0.25) is 0 Å². The normalized spacial score (nSPS) is 17.0. The number of nitrogens with one attached hydrogen (secondary N) is 1. The molecule has 7 heteroatoms. The molecule has 1 N–H and O–H groups in total. The minimum absolute atomic E-state index is 0.663. The summed E-state index contributed by atoms with van der Waals surface area (Å²) in [4.78, 5) is 10.2. The van der Waals surface area contributed by atoms with Gasteiger partial charge in [-0.3, -0.25) is 5.32 Å². The molecule has 0 atom stereocenters. The lowest BCUT2D eigenvalue weighted by Gasteiger charge is -2.07. The summed E-state index contributed by atoms with van der Waals surface area (Å²) in [6.45, 7) is 0. The van der Waals surface area contributed by atoms with Crippen molar-refractivity contribution < 1.29 is 22.7 Å². The molecule has 0 saturated heterocycles. The third kappa shape index (κ3) is 2.36. The second-order valence-corrected chi connectivity index (χ2v) is 1.60. The van der Waals surface area contributed by atoms with E-state index in [9.17, 15) is 18.0 Å². The maximum Gasteiger partial charge on any atom is 0.574 e. The molecule has 0 aliphatic carbocycles. The van der Waals surface area contributed by atoms with Crippen LogP contribution in [-0.4, -0.2) is 12.4 Å². The number of halogens is 3. The van der Waals surface area contributed by atoms with Crippen molar-refractivity contribution in [1.82, 2.24) is 10.6 Å². The molecule has 0 bridgehead atoms. The molecule has 1 heterocycles. The van der Waals surface area contributed by atoms with Gasteiger partial charge >= 0.3 is 12.4 Å². The van der Waals surface area contributed by atoms with Crippen molar-refractivity contribution in [1.29, 1.82) is 0 Å². The molecule has 0 aromatic heterocycles. The quantitative estimate of drug-likeness (QED) is 0.623. The van der Waals surface area contributed by atoms with Gasteiger partial charge in [-0.25, -0.2) is 4.79 Å². The van der Waals surface area contributed by atoms with Crippen molar-refractivity contribution in [3.63, 3.8) is 0 Å². The van der Waals surface area contributed by atoms with Gasteiger partial charge in [-0.2, -0.15) is 5.32 Å². The summed E-state index contributed by atoms with van der Waals surface area (Å²) >= 11 is 0. The summed E-state index contributed by atoms with van der Waals surface area (Å²) in [7, 11) is 0. The first kappa shape index (κ1) is 7.70. The molecule has 1 rings (SSSR count). The van der Waals surface area contributed by atoms with Crippen LogP contribution in [0.15, 0.2) is 12.1 Å². The maximum atomic E-state index is 11.4. The molecule has 11 heavy (non-hydrogen) atoms. The summed E-state index contributed by atoms with van der Waals surface area (Å²) < 4.78 is 37.4. The minimum Gasteiger partial charge on any atom is -0.388 e. The Labute approximate surface area is 59.0 Å². The molecule has 0 aromatic carbocycles. The Kier molecular flexibility index (Phi) is 1.63. The molecule has 0 saturated carbocycles. The summed E-state index contributed by atoms with van der Waals surface area (Å²) in [6, 6.07) is -0.871. The van der Waals surface area contributed by atoms with Crippen molar-refractivity contribution in [3.8, 4) is 0 Å². The summed E-state index contributed by atoms with van der Waals surface area (Å²) in [5.41, 5.74) is 0. The van der Waals surface area contributed by atoms with Gasteiger partial charge < -0.3 is 4.74 Å². The van der Waals surface area contributed by atoms with Crippen molar-refractivity contribution in [2.24, 2.45) is 0 Å².